The molecule has 4 heterocycles. The molecule has 246 valence electrons. The van der Waals surface area contributed by atoms with Crippen LogP contribution in [0.25, 0.3) is 64.9 Å². The molecule has 4 aromatic heterocycles. The normalized spacial score (nSPS) is 12.2. The summed E-state index contributed by atoms with van der Waals surface area (Å²) in [6.07, 6.45) is 12.2. The standard InChI is InChI=1S/C44H38N4S2/c1-43(2,3)37-11-9-32-35(29-13-17-45-18-14-29)25-28(26-36(32)39(37)30-15-19-46-20-16-30)27-44(4,5)38-12-10-31-33(40(38)42-48-22-24-50-42)7-6-8-34(31)41-47-21-23-49-41/h6-26H,27H2,1-5H3. The lowest BCUT2D eigenvalue weighted by Gasteiger charge is -2.30. The molecule has 8 aromatic rings. The Kier molecular flexibility index (Phi) is 8.17. The molecule has 0 atom stereocenters. The first-order chi connectivity index (χ1) is 24.2. The first kappa shape index (κ1) is 32.2. The number of hydrogen-bond acceptors (Lipinski definition) is 6. The summed E-state index contributed by atoms with van der Waals surface area (Å²) in [5.41, 5.74) is 10.8. The Hall–Kier alpha value is -5.04. The van der Waals surface area contributed by atoms with Gasteiger partial charge in [0.1, 0.15) is 10.0 Å². The average molecular weight is 687 g/mol. The highest BCUT2D eigenvalue weighted by molar-refractivity contribution is 7.13. The Bertz CT molecular complexity index is 2440. The van der Waals surface area contributed by atoms with Crippen LogP contribution in [-0.2, 0) is 17.3 Å². The topological polar surface area (TPSA) is 51.6 Å². The zero-order valence-corrected chi connectivity index (χ0v) is 30.6. The van der Waals surface area contributed by atoms with Crippen LogP contribution in [0, 0.1) is 0 Å². The van der Waals surface area contributed by atoms with Gasteiger partial charge in [-0.25, -0.2) is 9.97 Å². The van der Waals surface area contributed by atoms with Gasteiger partial charge in [-0.05, 0) is 102 Å². The van der Waals surface area contributed by atoms with E-state index in [9.17, 15) is 0 Å². The second kappa shape index (κ2) is 12.7. The van der Waals surface area contributed by atoms with Crippen LogP contribution in [0.1, 0.15) is 51.3 Å². The first-order valence-corrected chi connectivity index (χ1v) is 18.7. The number of nitrogens with zero attached hydrogens (tertiary/aromatic N) is 4. The maximum absolute atomic E-state index is 4.88. The second-order valence-electron chi connectivity index (χ2n) is 14.6. The van der Waals surface area contributed by atoms with Crippen LogP contribution in [0.4, 0.5) is 0 Å². The maximum atomic E-state index is 4.88. The van der Waals surface area contributed by atoms with Crippen LogP contribution in [-0.4, -0.2) is 19.9 Å². The van der Waals surface area contributed by atoms with Gasteiger partial charge in [-0.3, -0.25) is 9.97 Å². The van der Waals surface area contributed by atoms with Crippen LogP contribution in [0.5, 0.6) is 0 Å². The fourth-order valence-electron chi connectivity index (χ4n) is 7.47. The zero-order chi connectivity index (χ0) is 34.5. The number of benzene rings is 4. The third kappa shape index (κ3) is 5.82. The largest absolute Gasteiger partial charge is 0.265 e. The van der Waals surface area contributed by atoms with Gasteiger partial charge in [-0.15, -0.1) is 22.7 Å². The van der Waals surface area contributed by atoms with Crippen molar-refractivity contribution >= 4 is 44.2 Å². The van der Waals surface area contributed by atoms with E-state index in [0.29, 0.717) is 0 Å². The van der Waals surface area contributed by atoms with Crippen molar-refractivity contribution in [2.45, 2.75) is 51.9 Å². The molecule has 0 radical (unpaired) electrons. The number of pyridine rings is 2. The van der Waals surface area contributed by atoms with Crippen LogP contribution in [0.15, 0.2) is 127 Å². The van der Waals surface area contributed by atoms with E-state index in [0.717, 1.165) is 27.6 Å². The number of aromatic nitrogens is 4. The third-order valence-electron chi connectivity index (χ3n) is 9.71. The van der Waals surface area contributed by atoms with E-state index in [1.165, 1.54) is 60.5 Å². The molecule has 0 saturated carbocycles. The van der Waals surface area contributed by atoms with Crippen LogP contribution >= 0.6 is 22.7 Å². The summed E-state index contributed by atoms with van der Waals surface area (Å²) in [5, 5.41) is 11.1. The molecule has 0 saturated heterocycles. The lowest BCUT2D eigenvalue weighted by Crippen LogP contribution is -2.22. The molecule has 0 spiro atoms. The highest BCUT2D eigenvalue weighted by Gasteiger charge is 2.29. The molecule has 0 unspecified atom stereocenters. The highest BCUT2D eigenvalue weighted by atomic mass is 32.1. The van der Waals surface area contributed by atoms with Crippen molar-refractivity contribution in [3.63, 3.8) is 0 Å². The lowest BCUT2D eigenvalue weighted by molar-refractivity contribution is 0.525. The van der Waals surface area contributed by atoms with E-state index >= 15 is 0 Å². The van der Waals surface area contributed by atoms with Crippen molar-refractivity contribution in [1.82, 2.24) is 19.9 Å². The molecule has 8 rings (SSSR count). The molecule has 0 aliphatic carbocycles. The molecule has 4 nitrogen and oxygen atoms in total. The molecule has 6 heteroatoms. The molecule has 0 N–H and O–H groups in total. The SMILES string of the molecule is CC(C)(C)c1ccc2c(-c3ccncc3)cc(CC(C)(C)c3ccc4c(-c5nccs5)cccc4c3-c3nccs3)cc2c1-c1ccncc1. The van der Waals surface area contributed by atoms with Crippen molar-refractivity contribution in [3.8, 4) is 43.4 Å². The predicted molar refractivity (Wildman–Crippen MR) is 212 cm³/mol. The minimum atomic E-state index is -0.228. The van der Waals surface area contributed by atoms with Crippen LogP contribution < -0.4 is 0 Å². The van der Waals surface area contributed by atoms with Gasteiger partial charge in [0.15, 0.2) is 0 Å². The summed E-state index contributed by atoms with van der Waals surface area (Å²) in [6, 6.07) is 29.2. The molecule has 0 aliphatic heterocycles. The molecular weight excluding hydrogens is 649 g/mol. The summed E-state index contributed by atoms with van der Waals surface area (Å²) >= 11 is 3.38. The summed E-state index contributed by atoms with van der Waals surface area (Å²) in [5.74, 6) is 0. The van der Waals surface area contributed by atoms with Crippen molar-refractivity contribution < 1.29 is 0 Å². The summed E-state index contributed by atoms with van der Waals surface area (Å²) in [6.45, 7) is 11.7. The van der Waals surface area contributed by atoms with Gasteiger partial charge in [0, 0.05) is 59.1 Å². The quantitative estimate of drug-likeness (QED) is 0.167. The minimum Gasteiger partial charge on any atom is -0.265 e. The summed E-state index contributed by atoms with van der Waals surface area (Å²) in [7, 11) is 0. The van der Waals surface area contributed by atoms with E-state index in [1.54, 1.807) is 22.7 Å². The second-order valence-corrected chi connectivity index (χ2v) is 16.4. The highest BCUT2D eigenvalue weighted by Crippen LogP contribution is 2.46. The van der Waals surface area contributed by atoms with Gasteiger partial charge in [-0.1, -0.05) is 89.2 Å². The van der Waals surface area contributed by atoms with Crippen molar-refractivity contribution in [2.24, 2.45) is 0 Å². The van der Waals surface area contributed by atoms with Crippen molar-refractivity contribution in [2.75, 3.05) is 0 Å². The summed E-state index contributed by atoms with van der Waals surface area (Å²) < 4.78 is 0. The van der Waals surface area contributed by atoms with Gasteiger partial charge < -0.3 is 0 Å². The summed E-state index contributed by atoms with van der Waals surface area (Å²) in [4.78, 5) is 18.3. The fraction of sp³-hybridized carbons (Fsp3) is 0.182. The van der Waals surface area contributed by atoms with Crippen LogP contribution in [0.3, 0.4) is 0 Å². The Morgan fingerprint density at radius 3 is 1.78 bits per heavy atom. The Morgan fingerprint density at radius 2 is 1.14 bits per heavy atom. The number of rotatable bonds is 7. The molecule has 0 fully saturated rings. The number of thiazole rings is 2. The molecule has 0 aliphatic rings. The third-order valence-corrected chi connectivity index (χ3v) is 11.3. The Labute approximate surface area is 301 Å². The zero-order valence-electron chi connectivity index (χ0n) is 28.9. The van der Waals surface area contributed by atoms with E-state index in [4.69, 9.17) is 4.98 Å². The molecule has 0 bridgehead atoms. The van der Waals surface area contributed by atoms with E-state index in [1.807, 2.05) is 42.6 Å². The monoisotopic (exact) mass is 686 g/mol. The van der Waals surface area contributed by atoms with Crippen molar-refractivity contribution in [3.05, 3.63) is 143 Å². The molecular formula is C44H38N4S2. The van der Waals surface area contributed by atoms with Crippen LogP contribution in [0.2, 0.25) is 0 Å². The maximum Gasteiger partial charge on any atom is 0.124 e. The van der Waals surface area contributed by atoms with Crippen molar-refractivity contribution in [1.29, 1.82) is 0 Å². The van der Waals surface area contributed by atoms with Gasteiger partial charge >= 0.3 is 0 Å². The van der Waals surface area contributed by atoms with E-state index < -0.39 is 0 Å². The van der Waals surface area contributed by atoms with E-state index in [-0.39, 0.29) is 10.8 Å². The van der Waals surface area contributed by atoms with Gasteiger partial charge in [0.2, 0.25) is 0 Å². The van der Waals surface area contributed by atoms with Gasteiger partial charge in [-0.2, -0.15) is 0 Å². The van der Waals surface area contributed by atoms with E-state index in [2.05, 4.69) is 134 Å². The number of hydrogen-bond donors (Lipinski definition) is 0. The first-order valence-electron chi connectivity index (χ1n) is 17.0. The Morgan fingerprint density at radius 1 is 0.520 bits per heavy atom. The lowest BCUT2D eigenvalue weighted by atomic mass is 9.74. The minimum absolute atomic E-state index is 0.0515. The Balaban J connectivity index is 1.35. The molecule has 0 amide bonds. The van der Waals surface area contributed by atoms with Gasteiger partial charge in [0.05, 0.1) is 0 Å². The fourth-order valence-corrected chi connectivity index (χ4v) is 8.86. The predicted octanol–water partition coefficient (Wildman–Crippen LogP) is 12.2. The molecule has 50 heavy (non-hydrogen) atoms. The number of fused-ring (bicyclic) bond motifs is 2. The molecule has 4 aromatic carbocycles. The average Bonchev–Trinajstić information content (AvgIpc) is 3.86. The smallest absolute Gasteiger partial charge is 0.124 e. The van der Waals surface area contributed by atoms with Gasteiger partial charge in [0.25, 0.3) is 0 Å².